The smallest absolute Gasteiger partial charge is 0.0948 e. The van der Waals surface area contributed by atoms with Crippen LogP contribution in [0.3, 0.4) is 0 Å². The van der Waals surface area contributed by atoms with Crippen LogP contribution < -0.4 is 5.32 Å². The number of aryl methyl sites for hydroxylation is 1. The minimum Gasteiger partial charge on any atom is -0.334 e. The molecule has 0 atom stereocenters. The molecule has 96 valence electrons. The van der Waals surface area contributed by atoms with Crippen molar-refractivity contribution >= 4 is 11.8 Å². The summed E-state index contributed by atoms with van der Waals surface area (Å²) >= 11 is 1.95. The van der Waals surface area contributed by atoms with E-state index in [1.165, 1.54) is 37.1 Å². The van der Waals surface area contributed by atoms with Crippen molar-refractivity contribution in [3.63, 3.8) is 0 Å². The Morgan fingerprint density at radius 1 is 1.35 bits per heavy atom. The van der Waals surface area contributed by atoms with Crippen molar-refractivity contribution in [2.75, 3.05) is 25.1 Å². The van der Waals surface area contributed by atoms with Gasteiger partial charge in [0.25, 0.3) is 0 Å². The largest absolute Gasteiger partial charge is 0.334 e. The molecule has 0 unspecified atom stereocenters. The number of thioether (sulfide) groups is 1. The lowest BCUT2D eigenvalue weighted by Gasteiger charge is -2.27. The fourth-order valence-corrected chi connectivity index (χ4v) is 2.73. The fourth-order valence-electron chi connectivity index (χ4n) is 2.24. The molecule has 0 bridgehead atoms. The molecule has 1 aromatic heterocycles. The van der Waals surface area contributed by atoms with Crippen LogP contribution in [-0.4, -0.2) is 34.6 Å². The topological polar surface area (TPSA) is 29.9 Å². The van der Waals surface area contributed by atoms with E-state index in [1.54, 1.807) is 0 Å². The number of hydrogen-bond donors (Lipinski definition) is 1. The number of rotatable bonds is 8. The van der Waals surface area contributed by atoms with Gasteiger partial charge < -0.3 is 9.88 Å². The van der Waals surface area contributed by atoms with Gasteiger partial charge in [0, 0.05) is 37.4 Å². The van der Waals surface area contributed by atoms with Gasteiger partial charge in [-0.25, -0.2) is 4.98 Å². The van der Waals surface area contributed by atoms with Gasteiger partial charge in [-0.15, -0.1) is 0 Å². The Morgan fingerprint density at radius 2 is 2.18 bits per heavy atom. The Labute approximate surface area is 108 Å². The van der Waals surface area contributed by atoms with Gasteiger partial charge in [-0.3, -0.25) is 0 Å². The highest BCUT2D eigenvalue weighted by atomic mass is 32.2. The lowest BCUT2D eigenvalue weighted by Crippen LogP contribution is -2.40. The predicted octanol–water partition coefficient (Wildman–Crippen LogP) is 2.49. The zero-order valence-electron chi connectivity index (χ0n) is 10.7. The standard InChI is InChI=1S/C13H23N3S/c1-17-7-5-3-2-4-6-16-11-15-10-13(16)12-8-14-9-12/h10-12,14H,2-9H2,1H3. The minimum atomic E-state index is 0.703. The van der Waals surface area contributed by atoms with E-state index in [1.807, 2.05) is 24.3 Å². The molecular weight excluding hydrogens is 230 g/mol. The molecule has 1 saturated heterocycles. The van der Waals surface area contributed by atoms with E-state index in [-0.39, 0.29) is 0 Å². The second-order valence-corrected chi connectivity index (χ2v) is 5.76. The van der Waals surface area contributed by atoms with Gasteiger partial charge >= 0.3 is 0 Å². The predicted molar refractivity (Wildman–Crippen MR) is 74.7 cm³/mol. The van der Waals surface area contributed by atoms with Crippen LogP contribution in [0.2, 0.25) is 0 Å². The highest BCUT2D eigenvalue weighted by Gasteiger charge is 2.21. The summed E-state index contributed by atoms with van der Waals surface area (Å²) in [6.45, 7) is 3.39. The van der Waals surface area contributed by atoms with E-state index in [2.05, 4.69) is 21.1 Å². The maximum absolute atomic E-state index is 4.29. The van der Waals surface area contributed by atoms with Crippen molar-refractivity contribution in [1.29, 1.82) is 0 Å². The summed E-state index contributed by atoms with van der Waals surface area (Å²) in [6, 6.07) is 0. The molecule has 0 spiro atoms. The molecule has 0 saturated carbocycles. The van der Waals surface area contributed by atoms with Crippen molar-refractivity contribution in [3.05, 3.63) is 18.2 Å². The monoisotopic (exact) mass is 253 g/mol. The van der Waals surface area contributed by atoms with E-state index in [4.69, 9.17) is 0 Å². The number of nitrogens with zero attached hydrogens (tertiary/aromatic N) is 2. The van der Waals surface area contributed by atoms with Crippen LogP contribution in [0.1, 0.15) is 37.3 Å². The van der Waals surface area contributed by atoms with Crippen molar-refractivity contribution in [3.8, 4) is 0 Å². The summed E-state index contributed by atoms with van der Waals surface area (Å²) in [6.07, 6.45) is 11.6. The number of aromatic nitrogens is 2. The average molecular weight is 253 g/mol. The van der Waals surface area contributed by atoms with Gasteiger partial charge in [-0.1, -0.05) is 12.8 Å². The number of unbranched alkanes of at least 4 members (excludes halogenated alkanes) is 3. The molecule has 3 nitrogen and oxygen atoms in total. The SMILES string of the molecule is CSCCCCCCn1cncc1C1CNC1. The maximum atomic E-state index is 4.29. The van der Waals surface area contributed by atoms with Crippen LogP contribution in [0.5, 0.6) is 0 Å². The Balaban J connectivity index is 1.66. The first kappa shape index (κ1) is 13.0. The van der Waals surface area contributed by atoms with E-state index >= 15 is 0 Å². The molecule has 17 heavy (non-hydrogen) atoms. The van der Waals surface area contributed by atoms with Crippen LogP contribution >= 0.6 is 11.8 Å². The highest BCUT2D eigenvalue weighted by molar-refractivity contribution is 7.98. The lowest BCUT2D eigenvalue weighted by atomic mass is 10.00. The van der Waals surface area contributed by atoms with Gasteiger partial charge in [0.1, 0.15) is 0 Å². The van der Waals surface area contributed by atoms with Gasteiger partial charge in [-0.05, 0) is 24.9 Å². The molecule has 2 rings (SSSR count). The molecule has 1 fully saturated rings. The zero-order chi connectivity index (χ0) is 11.9. The van der Waals surface area contributed by atoms with Crippen molar-refractivity contribution in [2.45, 2.75) is 38.1 Å². The summed E-state index contributed by atoms with van der Waals surface area (Å²) in [5.74, 6) is 2.01. The van der Waals surface area contributed by atoms with Gasteiger partial charge in [0.15, 0.2) is 0 Å². The molecule has 0 aliphatic carbocycles. The second-order valence-electron chi connectivity index (χ2n) is 4.77. The molecule has 4 heteroatoms. The summed E-state index contributed by atoms with van der Waals surface area (Å²) < 4.78 is 2.35. The zero-order valence-corrected chi connectivity index (χ0v) is 11.5. The molecule has 1 aromatic rings. The normalized spacial score (nSPS) is 16.1. The Kier molecular flexibility index (Phi) is 5.39. The summed E-state index contributed by atoms with van der Waals surface area (Å²) in [7, 11) is 0. The quantitative estimate of drug-likeness (QED) is 0.722. The Bertz CT molecular complexity index is 320. The first-order valence-electron chi connectivity index (χ1n) is 6.61. The molecule has 1 N–H and O–H groups in total. The third-order valence-corrected chi connectivity index (χ3v) is 4.14. The first-order chi connectivity index (χ1) is 8.42. The van der Waals surface area contributed by atoms with E-state index in [0.29, 0.717) is 5.92 Å². The molecular formula is C13H23N3S. The number of hydrogen-bond acceptors (Lipinski definition) is 3. The molecule has 1 aliphatic heterocycles. The van der Waals surface area contributed by atoms with E-state index in [0.717, 1.165) is 19.6 Å². The van der Waals surface area contributed by atoms with Crippen LogP contribution in [0.25, 0.3) is 0 Å². The van der Waals surface area contributed by atoms with Crippen LogP contribution in [0.15, 0.2) is 12.5 Å². The average Bonchev–Trinajstić information content (AvgIpc) is 2.69. The Morgan fingerprint density at radius 3 is 2.88 bits per heavy atom. The van der Waals surface area contributed by atoms with Crippen molar-refractivity contribution in [2.24, 2.45) is 0 Å². The van der Waals surface area contributed by atoms with E-state index in [9.17, 15) is 0 Å². The van der Waals surface area contributed by atoms with Crippen molar-refractivity contribution in [1.82, 2.24) is 14.9 Å². The van der Waals surface area contributed by atoms with Crippen LogP contribution in [-0.2, 0) is 6.54 Å². The van der Waals surface area contributed by atoms with Crippen LogP contribution in [0, 0.1) is 0 Å². The molecule has 2 heterocycles. The Hall–Kier alpha value is -0.480. The molecule has 0 radical (unpaired) electrons. The third kappa shape index (κ3) is 3.75. The molecule has 0 amide bonds. The lowest BCUT2D eigenvalue weighted by molar-refractivity contribution is 0.419. The van der Waals surface area contributed by atoms with Gasteiger partial charge in [-0.2, -0.15) is 11.8 Å². The number of nitrogens with one attached hydrogen (secondary N) is 1. The summed E-state index contributed by atoms with van der Waals surface area (Å²) in [5.41, 5.74) is 1.42. The minimum absolute atomic E-state index is 0.703. The van der Waals surface area contributed by atoms with Crippen LogP contribution in [0.4, 0.5) is 0 Å². The second kappa shape index (κ2) is 7.07. The first-order valence-corrected chi connectivity index (χ1v) is 8.01. The number of imidazole rings is 1. The third-order valence-electron chi connectivity index (χ3n) is 3.44. The van der Waals surface area contributed by atoms with Gasteiger partial charge in [0.05, 0.1) is 6.33 Å². The molecule has 1 aliphatic rings. The maximum Gasteiger partial charge on any atom is 0.0948 e. The van der Waals surface area contributed by atoms with Crippen molar-refractivity contribution < 1.29 is 0 Å². The molecule has 0 aromatic carbocycles. The fraction of sp³-hybridized carbons (Fsp3) is 0.769. The summed E-state index contributed by atoms with van der Waals surface area (Å²) in [4.78, 5) is 4.29. The summed E-state index contributed by atoms with van der Waals surface area (Å²) in [5, 5.41) is 3.32. The van der Waals surface area contributed by atoms with E-state index < -0.39 is 0 Å². The highest BCUT2D eigenvalue weighted by Crippen LogP contribution is 2.19. The van der Waals surface area contributed by atoms with Gasteiger partial charge in [0.2, 0.25) is 0 Å².